The lowest BCUT2D eigenvalue weighted by atomic mass is 10.2. The van der Waals surface area contributed by atoms with Gasteiger partial charge in [0.15, 0.2) is 0 Å². The van der Waals surface area contributed by atoms with E-state index in [2.05, 4.69) is 4.98 Å². The molecule has 0 bridgehead atoms. The third-order valence-electron chi connectivity index (χ3n) is 4.04. The number of ether oxygens (including phenoxy) is 1. The Morgan fingerprint density at radius 1 is 1.41 bits per heavy atom. The van der Waals surface area contributed by atoms with E-state index < -0.39 is 0 Å². The molecule has 2 aromatic heterocycles. The van der Waals surface area contributed by atoms with E-state index in [9.17, 15) is 9.59 Å². The maximum atomic E-state index is 12.6. The molecule has 0 unspecified atom stereocenters. The number of hydrogen-bond acceptors (Lipinski definition) is 5. The largest absolute Gasteiger partial charge is 0.383 e. The highest BCUT2D eigenvalue weighted by atomic mass is 32.1. The van der Waals surface area contributed by atoms with E-state index in [0.717, 1.165) is 31.5 Å². The van der Waals surface area contributed by atoms with Crippen LogP contribution in [-0.2, 0) is 11.3 Å². The summed E-state index contributed by atoms with van der Waals surface area (Å²) in [6, 6.07) is 0. The molecule has 1 amide bonds. The van der Waals surface area contributed by atoms with E-state index in [1.165, 1.54) is 22.2 Å². The van der Waals surface area contributed by atoms with Gasteiger partial charge in [-0.15, -0.1) is 11.3 Å². The van der Waals surface area contributed by atoms with E-state index in [1.54, 1.807) is 7.11 Å². The van der Waals surface area contributed by atoms with Crippen molar-refractivity contribution in [2.24, 2.45) is 0 Å². The topological polar surface area (TPSA) is 64.4 Å². The number of methoxy groups -OCH3 is 1. The van der Waals surface area contributed by atoms with Crippen LogP contribution in [0.5, 0.6) is 0 Å². The van der Waals surface area contributed by atoms with Gasteiger partial charge in [-0.3, -0.25) is 14.2 Å². The van der Waals surface area contributed by atoms with Crippen molar-refractivity contribution in [2.45, 2.75) is 26.3 Å². The number of rotatable bonds is 4. The molecule has 1 saturated heterocycles. The van der Waals surface area contributed by atoms with Gasteiger partial charge in [-0.25, -0.2) is 4.98 Å². The highest BCUT2D eigenvalue weighted by molar-refractivity contribution is 7.20. The van der Waals surface area contributed by atoms with Crippen molar-refractivity contribution >= 4 is 27.5 Å². The molecule has 118 valence electrons. The first kappa shape index (κ1) is 15.2. The summed E-state index contributed by atoms with van der Waals surface area (Å²) in [5, 5.41) is 0.561. The predicted octanol–water partition coefficient (Wildman–Crippen LogP) is 1.65. The van der Waals surface area contributed by atoms with Gasteiger partial charge in [0.2, 0.25) is 0 Å². The molecule has 3 rings (SSSR count). The number of amides is 1. The van der Waals surface area contributed by atoms with Crippen LogP contribution in [-0.4, -0.2) is 47.2 Å². The summed E-state index contributed by atoms with van der Waals surface area (Å²) < 4.78 is 6.55. The molecule has 7 heteroatoms. The van der Waals surface area contributed by atoms with Crippen LogP contribution in [0.2, 0.25) is 0 Å². The first-order valence-corrected chi connectivity index (χ1v) is 8.22. The van der Waals surface area contributed by atoms with Crippen molar-refractivity contribution in [1.29, 1.82) is 0 Å². The molecular weight excluding hydrogens is 302 g/mol. The van der Waals surface area contributed by atoms with Crippen molar-refractivity contribution in [3.63, 3.8) is 0 Å². The van der Waals surface area contributed by atoms with Gasteiger partial charge < -0.3 is 9.64 Å². The lowest BCUT2D eigenvalue weighted by Gasteiger charge is -2.14. The molecule has 1 aliphatic rings. The summed E-state index contributed by atoms with van der Waals surface area (Å²) in [6.45, 7) is 4.36. The Balaban J connectivity index is 2.03. The van der Waals surface area contributed by atoms with Gasteiger partial charge in [-0.1, -0.05) is 0 Å². The molecule has 0 spiro atoms. The van der Waals surface area contributed by atoms with Crippen LogP contribution in [0.25, 0.3) is 10.2 Å². The summed E-state index contributed by atoms with van der Waals surface area (Å²) in [5.41, 5.74) is 0.650. The molecule has 0 aliphatic carbocycles. The van der Waals surface area contributed by atoms with Crippen molar-refractivity contribution in [1.82, 2.24) is 14.5 Å². The van der Waals surface area contributed by atoms with E-state index in [1.807, 2.05) is 11.8 Å². The Bertz CT molecular complexity index is 759. The van der Waals surface area contributed by atoms with Crippen LogP contribution in [0, 0.1) is 6.92 Å². The van der Waals surface area contributed by atoms with Gasteiger partial charge in [0, 0.05) is 20.2 Å². The normalized spacial score (nSPS) is 14.9. The van der Waals surface area contributed by atoms with E-state index >= 15 is 0 Å². The highest BCUT2D eigenvalue weighted by Crippen LogP contribution is 2.28. The second kappa shape index (κ2) is 6.18. The molecule has 0 aromatic carbocycles. The number of carbonyl (C=O) groups is 1. The second-order valence-electron chi connectivity index (χ2n) is 5.47. The van der Waals surface area contributed by atoms with Crippen molar-refractivity contribution < 1.29 is 9.53 Å². The number of nitrogens with zero attached hydrogens (tertiary/aromatic N) is 3. The standard InChI is InChI=1S/C15H19N3O3S/c1-10-11-13(16-9-18(14(11)19)7-8-21-2)22-12(10)15(20)17-5-3-4-6-17/h9H,3-8H2,1-2H3. The van der Waals surface area contributed by atoms with Crippen LogP contribution >= 0.6 is 11.3 Å². The van der Waals surface area contributed by atoms with Crippen molar-refractivity contribution in [3.05, 3.63) is 27.1 Å². The van der Waals surface area contributed by atoms with E-state index in [-0.39, 0.29) is 11.5 Å². The number of hydrogen-bond donors (Lipinski definition) is 0. The van der Waals surface area contributed by atoms with E-state index in [4.69, 9.17) is 4.74 Å². The maximum absolute atomic E-state index is 12.6. The van der Waals surface area contributed by atoms with Gasteiger partial charge in [0.05, 0.1) is 29.7 Å². The summed E-state index contributed by atoms with van der Waals surface area (Å²) in [7, 11) is 1.60. The Labute approximate surface area is 132 Å². The quantitative estimate of drug-likeness (QED) is 0.859. The molecular formula is C15H19N3O3S. The Morgan fingerprint density at radius 3 is 2.82 bits per heavy atom. The molecule has 22 heavy (non-hydrogen) atoms. The first-order valence-electron chi connectivity index (χ1n) is 7.40. The Morgan fingerprint density at radius 2 is 2.14 bits per heavy atom. The molecule has 0 atom stereocenters. The molecule has 0 radical (unpaired) electrons. The number of carbonyl (C=O) groups excluding carboxylic acids is 1. The second-order valence-corrected chi connectivity index (χ2v) is 6.47. The highest BCUT2D eigenvalue weighted by Gasteiger charge is 2.25. The fourth-order valence-electron chi connectivity index (χ4n) is 2.78. The van der Waals surface area contributed by atoms with Crippen LogP contribution < -0.4 is 5.56 Å². The molecule has 1 aliphatic heterocycles. The minimum atomic E-state index is -0.101. The molecule has 6 nitrogen and oxygen atoms in total. The van der Waals surface area contributed by atoms with Gasteiger partial charge in [-0.05, 0) is 25.3 Å². The fourth-order valence-corrected chi connectivity index (χ4v) is 3.88. The summed E-state index contributed by atoms with van der Waals surface area (Å²) >= 11 is 1.32. The summed E-state index contributed by atoms with van der Waals surface area (Å²) in [4.78, 5) is 32.6. The summed E-state index contributed by atoms with van der Waals surface area (Å²) in [5.74, 6) is 0.0286. The number of likely N-dealkylation sites (tertiary alicyclic amines) is 1. The molecule has 3 heterocycles. The predicted molar refractivity (Wildman–Crippen MR) is 85.6 cm³/mol. The fraction of sp³-hybridized carbons (Fsp3) is 0.533. The lowest BCUT2D eigenvalue weighted by Crippen LogP contribution is -2.27. The maximum Gasteiger partial charge on any atom is 0.264 e. The third-order valence-corrected chi connectivity index (χ3v) is 5.23. The van der Waals surface area contributed by atoms with Crippen LogP contribution in [0.15, 0.2) is 11.1 Å². The number of aryl methyl sites for hydroxylation is 1. The lowest BCUT2D eigenvalue weighted by molar-refractivity contribution is 0.0797. The molecule has 0 saturated carbocycles. The Hall–Kier alpha value is -1.73. The smallest absolute Gasteiger partial charge is 0.264 e. The number of fused-ring (bicyclic) bond motifs is 1. The van der Waals surface area contributed by atoms with E-state index in [0.29, 0.717) is 28.2 Å². The van der Waals surface area contributed by atoms with Crippen molar-refractivity contribution in [3.8, 4) is 0 Å². The molecule has 1 fully saturated rings. The summed E-state index contributed by atoms with van der Waals surface area (Å²) in [6.07, 6.45) is 3.64. The first-order chi connectivity index (χ1) is 10.6. The SMILES string of the molecule is COCCn1cnc2sc(C(=O)N3CCCC3)c(C)c2c1=O. The number of thiophene rings is 1. The zero-order valence-corrected chi connectivity index (χ0v) is 13.6. The van der Waals surface area contributed by atoms with Gasteiger partial charge in [0.1, 0.15) is 4.83 Å². The van der Waals surface area contributed by atoms with Crippen LogP contribution in [0.1, 0.15) is 28.1 Å². The number of aromatic nitrogens is 2. The van der Waals surface area contributed by atoms with Crippen LogP contribution in [0.3, 0.4) is 0 Å². The minimum absolute atomic E-state index is 0.0286. The van der Waals surface area contributed by atoms with Crippen molar-refractivity contribution in [2.75, 3.05) is 26.8 Å². The zero-order chi connectivity index (χ0) is 15.7. The van der Waals surface area contributed by atoms with Gasteiger partial charge in [-0.2, -0.15) is 0 Å². The van der Waals surface area contributed by atoms with Gasteiger partial charge in [0.25, 0.3) is 11.5 Å². The monoisotopic (exact) mass is 321 g/mol. The average Bonchev–Trinajstić information content (AvgIpc) is 3.14. The van der Waals surface area contributed by atoms with Gasteiger partial charge >= 0.3 is 0 Å². The molecule has 2 aromatic rings. The zero-order valence-electron chi connectivity index (χ0n) is 12.8. The van der Waals surface area contributed by atoms with Crippen LogP contribution in [0.4, 0.5) is 0 Å². The molecule has 0 N–H and O–H groups in total. The minimum Gasteiger partial charge on any atom is -0.383 e. The average molecular weight is 321 g/mol. The Kier molecular flexibility index (Phi) is 4.26. The third kappa shape index (κ3) is 2.55.